The van der Waals surface area contributed by atoms with Gasteiger partial charge in [-0.3, -0.25) is 0 Å². The van der Waals surface area contributed by atoms with Crippen LogP contribution >= 0.6 is 0 Å². The van der Waals surface area contributed by atoms with Crippen LogP contribution in [-0.4, -0.2) is 12.7 Å². The van der Waals surface area contributed by atoms with Crippen molar-refractivity contribution < 1.29 is 44.8 Å². The maximum Gasteiger partial charge on any atom is 1.00 e. The van der Waals surface area contributed by atoms with Crippen LogP contribution in [0.25, 0.3) is 0 Å². The fourth-order valence-electron chi connectivity index (χ4n) is 1.28. The minimum Gasteiger partial charge on any atom is -1.00 e. The summed E-state index contributed by atoms with van der Waals surface area (Å²) in [7, 11) is 0. The summed E-state index contributed by atoms with van der Waals surface area (Å²) in [6.45, 7) is 2.92. The molecular weight excluding hydrogens is 348 g/mol. The zero-order valence-corrected chi connectivity index (χ0v) is 13.4. The van der Waals surface area contributed by atoms with Crippen LogP contribution < -0.4 is 12.4 Å². The van der Waals surface area contributed by atoms with Crippen LogP contribution in [0.2, 0.25) is 0 Å². The van der Waals surface area contributed by atoms with Gasteiger partial charge in [-0.1, -0.05) is 12.8 Å². The van der Waals surface area contributed by atoms with E-state index in [1.54, 1.807) is 0 Å². The molecule has 0 unspecified atom stereocenters. The van der Waals surface area contributed by atoms with Crippen LogP contribution in [0.1, 0.15) is 32.6 Å². The average molecular weight is 363 g/mol. The number of rotatable bonds is 2. The SMILES string of the molecule is CCO[C@@H]1[CH]CCCC1.[Cl-].[Hg+]. The van der Waals surface area contributed by atoms with E-state index in [0.29, 0.717) is 6.10 Å². The Kier molecular flexibility index (Phi) is 12.4. The molecule has 62 valence electrons. The molecule has 0 N–H and O–H groups in total. The molecule has 1 aliphatic carbocycles. The van der Waals surface area contributed by atoms with E-state index in [0.717, 1.165) is 6.61 Å². The minimum atomic E-state index is 0. The molecule has 0 heterocycles. The Labute approximate surface area is 96.2 Å². The van der Waals surface area contributed by atoms with Crippen molar-refractivity contribution in [1.29, 1.82) is 0 Å². The van der Waals surface area contributed by atoms with Crippen LogP contribution in [0.15, 0.2) is 0 Å². The summed E-state index contributed by atoms with van der Waals surface area (Å²) in [6, 6.07) is 0. The molecule has 1 rings (SSSR count). The third-order valence-electron chi connectivity index (χ3n) is 1.75. The van der Waals surface area contributed by atoms with Crippen molar-refractivity contribution in [2.24, 2.45) is 0 Å². The van der Waals surface area contributed by atoms with E-state index in [9.17, 15) is 0 Å². The standard InChI is InChI=1S/C8H15O.ClH.Hg/c1-2-9-8-6-4-3-5-7-8;;/h6,8H,2-5,7H2,1H3;1H;/q;;+1/p-1/t8-;;/m1../s1. The molecule has 0 aromatic carbocycles. The van der Waals surface area contributed by atoms with Crippen molar-refractivity contribution in [1.82, 2.24) is 0 Å². The number of halogens is 1. The Morgan fingerprint density at radius 1 is 1.45 bits per heavy atom. The van der Waals surface area contributed by atoms with Crippen molar-refractivity contribution in [2.75, 3.05) is 6.61 Å². The van der Waals surface area contributed by atoms with Gasteiger partial charge in [-0.25, -0.2) is 0 Å². The first-order valence-electron chi connectivity index (χ1n) is 3.88. The topological polar surface area (TPSA) is 9.23 Å². The van der Waals surface area contributed by atoms with Gasteiger partial charge in [0.1, 0.15) is 0 Å². The van der Waals surface area contributed by atoms with E-state index >= 15 is 0 Å². The van der Waals surface area contributed by atoms with Gasteiger partial charge in [-0.05, 0) is 26.2 Å². The van der Waals surface area contributed by atoms with Gasteiger partial charge in [0.2, 0.25) is 0 Å². The molecule has 2 radical (unpaired) electrons. The molecular formula is C8H15ClHgO. The van der Waals surface area contributed by atoms with Gasteiger partial charge in [0.25, 0.3) is 0 Å². The second-order valence-corrected chi connectivity index (χ2v) is 2.51. The molecule has 0 saturated heterocycles. The van der Waals surface area contributed by atoms with E-state index in [4.69, 9.17) is 4.74 Å². The summed E-state index contributed by atoms with van der Waals surface area (Å²) in [5, 5.41) is 0. The third-order valence-corrected chi connectivity index (χ3v) is 1.75. The normalized spacial score (nSPS) is 18.3. The maximum atomic E-state index is 5.43. The molecule has 0 aromatic rings. The molecule has 0 spiro atoms. The zero-order chi connectivity index (χ0) is 6.53. The summed E-state index contributed by atoms with van der Waals surface area (Å²) in [5.41, 5.74) is 0. The van der Waals surface area contributed by atoms with E-state index in [2.05, 4.69) is 13.3 Å². The molecule has 0 amide bonds. The number of hydrogen-bond acceptors (Lipinski definition) is 1. The molecule has 0 bridgehead atoms. The van der Waals surface area contributed by atoms with Crippen LogP contribution in [0, 0.1) is 6.42 Å². The summed E-state index contributed by atoms with van der Waals surface area (Å²) in [6.07, 6.45) is 7.99. The molecule has 1 atom stereocenters. The molecule has 0 aromatic heterocycles. The molecule has 3 heteroatoms. The van der Waals surface area contributed by atoms with Crippen molar-refractivity contribution >= 4 is 0 Å². The van der Waals surface area contributed by atoms with Crippen LogP contribution in [0.3, 0.4) is 0 Å². The van der Waals surface area contributed by atoms with E-state index < -0.39 is 0 Å². The Bertz CT molecular complexity index is 71.7. The first-order valence-corrected chi connectivity index (χ1v) is 3.88. The molecule has 1 saturated carbocycles. The van der Waals surface area contributed by atoms with Crippen LogP contribution in [0.5, 0.6) is 0 Å². The Morgan fingerprint density at radius 2 is 2.18 bits per heavy atom. The van der Waals surface area contributed by atoms with Crippen molar-refractivity contribution in [3.63, 3.8) is 0 Å². The number of ether oxygens (including phenoxy) is 1. The van der Waals surface area contributed by atoms with Gasteiger partial charge in [-0.2, -0.15) is 0 Å². The second-order valence-electron chi connectivity index (χ2n) is 2.51. The third kappa shape index (κ3) is 6.36. The van der Waals surface area contributed by atoms with Gasteiger partial charge < -0.3 is 17.1 Å². The molecule has 1 aliphatic rings. The van der Waals surface area contributed by atoms with Crippen LogP contribution in [0.4, 0.5) is 0 Å². The molecule has 0 aliphatic heterocycles. The van der Waals surface area contributed by atoms with Crippen molar-refractivity contribution in [2.45, 2.75) is 38.7 Å². The summed E-state index contributed by atoms with van der Waals surface area (Å²) >= 11 is 0. The monoisotopic (exact) mass is 364 g/mol. The Hall–Kier alpha value is 1.19. The van der Waals surface area contributed by atoms with Gasteiger partial charge in [0.05, 0.1) is 6.10 Å². The molecule has 11 heavy (non-hydrogen) atoms. The van der Waals surface area contributed by atoms with Gasteiger partial charge in [-0.15, -0.1) is 0 Å². The maximum absolute atomic E-state index is 5.43. The fourth-order valence-corrected chi connectivity index (χ4v) is 1.28. The van der Waals surface area contributed by atoms with Gasteiger partial charge in [0.15, 0.2) is 0 Å². The quantitative estimate of drug-likeness (QED) is 0.583. The predicted molar refractivity (Wildman–Crippen MR) is 38.2 cm³/mol. The second kappa shape index (κ2) is 9.27. The largest absolute Gasteiger partial charge is 1.00 e. The van der Waals surface area contributed by atoms with E-state index in [1.165, 1.54) is 25.7 Å². The first-order chi connectivity index (χ1) is 4.43. The van der Waals surface area contributed by atoms with E-state index in [1.807, 2.05) is 0 Å². The van der Waals surface area contributed by atoms with Crippen LogP contribution in [-0.2, 0) is 32.4 Å². The number of hydrogen-bond donors (Lipinski definition) is 0. The Balaban J connectivity index is 0. The average Bonchev–Trinajstić information content (AvgIpc) is 1.91. The molecule has 1 fully saturated rings. The Morgan fingerprint density at radius 3 is 2.64 bits per heavy atom. The van der Waals surface area contributed by atoms with Gasteiger partial charge in [0, 0.05) is 6.61 Å². The first kappa shape index (κ1) is 14.7. The van der Waals surface area contributed by atoms with Gasteiger partial charge >= 0.3 is 27.7 Å². The fraction of sp³-hybridized carbons (Fsp3) is 0.875. The summed E-state index contributed by atoms with van der Waals surface area (Å²) in [5.74, 6) is 0. The minimum absolute atomic E-state index is 0. The predicted octanol–water partition coefficient (Wildman–Crippen LogP) is -0.829. The van der Waals surface area contributed by atoms with Crippen molar-refractivity contribution in [3.8, 4) is 0 Å². The van der Waals surface area contributed by atoms with Crippen molar-refractivity contribution in [3.05, 3.63) is 6.42 Å². The molecule has 1 nitrogen and oxygen atoms in total. The smallest absolute Gasteiger partial charge is 1.00 e. The zero-order valence-electron chi connectivity index (χ0n) is 7.18. The summed E-state index contributed by atoms with van der Waals surface area (Å²) in [4.78, 5) is 0. The van der Waals surface area contributed by atoms with E-state index in [-0.39, 0.29) is 40.1 Å². The summed E-state index contributed by atoms with van der Waals surface area (Å²) < 4.78 is 5.43.